The van der Waals surface area contributed by atoms with Crippen molar-refractivity contribution in [2.45, 2.75) is 6.36 Å². The molecule has 0 unspecified atom stereocenters. The van der Waals surface area contributed by atoms with E-state index in [0.29, 0.717) is 0 Å². The summed E-state index contributed by atoms with van der Waals surface area (Å²) in [5.41, 5.74) is 0. The van der Waals surface area contributed by atoms with Crippen LogP contribution in [-0.4, -0.2) is 6.36 Å². The van der Waals surface area contributed by atoms with Crippen molar-refractivity contribution in [2.24, 2.45) is 0 Å². The lowest BCUT2D eigenvalue weighted by atomic mass is 10.3. The average molecular weight is 230 g/mol. The highest BCUT2D eigenvalue weighted by molar-refractivity contribution is 6.41. The number of hydrogen-bond donors (Lipinski definition) is 0. The zero-order valence-electron chi connectivity index (χ0n) is 5.95. The predicted octanol–water partition coefficient (Wildman–Crippen LogP) is 3.69. The van der Waals surface area contributed by atoms with Gasteiger partial charge >= 0.3 is 6.36 Å². The van der Waals surface area contributed by atoms with Crippen molar-refractivity contribution >= 4 is 23.2 Å². The quantitative estimate of drug-likeness (QED) is 0.714. The minimum Gasteiger partial charge on any atom is -0.406 e. The number of ether oxygens (including phenoxy) is 1. The second-order valence-electron chi connectivity index (χ2n) is 2.05. The van der Waals surface area contributed by atoms with Gasteiger partial charge in [0.25, 0.3) is 0 Å². The van der Waals surface area contributed by atoms with E-state index in [1.54, 1.807) is 0 Å². The van der Waals surface area contributed by atoms with Crippen molar-refractivity contribution in [3.63, 3.8) is 0 Å². The summed E-state index contributed by atoms with van der Waals surface area (Å²) in [5, 5.41) is 0.0135. The first-order valence-electron chi connectivity index (χ1n) is 3.01. The van der Waals surface area contributed by atoms with Gasteiger partial charge in [0, 0.05) is 12.1 Å². The second-order valence-corrected chi connectivity index (χ2v) is 2.83. The molecule has 0 saturated heterocycles. The Bertz CT molecular complexity index is 311. The molecule has 0 aliphatic carbocycles. The molecule has 0 N–H and O–H groups in total. The molecule has 71 valence electrons. The molecule has 13 heavy (non-hydrogen) atoms. The van der Waals surface area contributed by atoms with Crippen LogP contribution in [0, 0.1) is 6.07 Å². The second kappa shape index (κ2) is 3.64. The molecule has 0 aromatic heterocycles. The number of rotatable bonds is 1. The summed E-state index contributed by atoms with van der Waals surface area (Å²) in [4.78, 5) is 0. The van der Waals surface area contributed by atoms with E-state index in [2.05, 4.69) is 10.8 Å². The first-order valence-corrected chi connectivity index (χ1v) is 3.76. The van der Waals surface area contributed by atoms with Crippen molar-refractivity contribution in [3.8, 4) is 5.75 Å². The van der Waals surface area contributed by atoms with Gasteiger partial charge in [0.2, 0.25) is 0 Å². The molecule has 1 rings (SSSR count). The first kappa shape index (κ1) is 10.5. The summed E-state index contributed by atoms with van der Waals surface area (Å²) in [5.74, 6) is -0.443. The topological polar surface area (TPSA) is 9.23 Å². The lowest BCUT2D eigenvalue weighted by Gasteiger charge is -2.08. The Hall–Kier alpha value is -0.610. The van der Waals surface area contributed by atoms with Gasteiger partial charge in [-0.05, 0) is 6.07 Å². The molecule has 1 aromatic rings. The molecule has 0 amide bonds. The standard InChI is InChI=1S/C7H2Cl2F3O/c8-5-2-1-4(3-6(5)9)13-7(10,11)12/h1,3H. The molecular formula is C7H2Cl2F3O. The lowest BCUT2D eigenvalue weighted by molar-refractivity contribution is -0.274. The number of benzene rings is 1. The van der Waals surface area contributed by atoms with Gasteiger partial charge in [0.1, 0.15) is 5.75 Å². The van der Waals surface area contributed by atoms with Crippen molar-refractivity contribution in [1.82, 2.24) is 0 Å². The van der Waals surface area contributed by atoms with E-state index in [9.17, 15) is 13.2 Å². The fourth-order valence-electron chi connectivity index (χ4n) is 0.626. The predicted molar refractivity (Wildman–Crippen MR) is 42.0 cm³/mol. The Labute approximate surface area is 82.0 Å². The van der Waals surface area contributed by atoms with E-state index in [1.807, 2.05) is 0 Å². The van der Waals surface area contributed by atoms with Gasteiger partial charge in [0.05, 0.1) is 10.0 Å². The van der Waals surface area contributed by atoms with Crippen LogP contribution in [0.25, 0.3) is 0 Å². The Morgan fingerprint density at radius 3 is 2.38 bits per heavy atom. The van der Waals surface area contributed by atoms with Crippen LogP contribution in [0.2, 0.25) is 10.0 Å². The van der Waals surface area contributed by atoms with Crippen LogP contribution in [0.15, 0.2) is 12.1 Å². The Morgan fingerprint density at radius 2 is 1.92 bits per heavy atom. The van der Waals surface area contributed by atoms with E-state index in [4.69, 9.17) is 23.2 Å². The zero-order valence-corrected chi connectivity index (χ0v) is 7.46. The molecule has 0 atom stereocenters. The lowest BCUT2D eigenvalue weighted by Crippen LogP contribution is -2.17. The molecule has 6 heteroatoms. The minimum atomic E-state index is -4.73. The minimum absolute atomic E-state index is 0.0385. The molecule has 0 spiro atoms. The van der Waals surface area contributed by atoms with Gasteiger partial charge in [0.15, 0.2) is 0 Å². The summed E-state index contributed by atoms with van der Waals surface area (Å²) in [6, 6.07) is 4.23. The maximum absolute atomic E-state index is 11.7. The number of alkyl halides is 3. The third-order valence-electron chi connectivity index (χ3n) is 1.05. The van der Waals surface area contributed by atoms with Crippen LogP contribution >= 0.6 is 23.2 Å². The van der Waals surface area contributed by atoms with Crippen molar-refractivity contribution < 1.29 is 17.9 Å². The third kappa shape index (κ3) is 3.32. The van der Waals surface area contributed by atoms with E-state index in [1.165, 1.54) is 0 Å². The van der Waals surface area contributed by atoms with E-state index in [0.717, 1.165) is 12.1 Å². The van der Waals surface area contributed by atoms with Crippen LogP contribution in [-0.2, 0) is 0 Å². The molecule has 0 bridgehead atoms. The first-order chi connectivity index (χ1) is 5.88. The van der Waals surface area contributed by atoms with Gasteiger partial charge < -0.3 is 4.74 Å². The molecule has 0 aliphatic rings. The van der Waals surface area contributed by atoms with E-state index >= 15 is 0 Å². The van der Waals surface area contributed by atoms with Crippen LogP contribution in [0.4, 0.5) is 13.2 Å². The number of hydrogen-bond acceptors (Lipinski definition) is 1. The van der Waals surface area contributed by atoms with E-state index < -0.39 is 12.1 Å². The molecular weight excluding hydrogens is 228 g/mol. The van der Waals surface area contributed by atoms with Crippen LogP contribution in [0.5, 0.6) is 5.75 Å². The van der Waals surface area contributed by atoms with Crippen LogP contribution < -0.4 is 4.74 Å². The highest BCUT2D eigenvalue weighted by Gasteiger charge is 2.31. The van der Waals surface area contributed by atoms with Crippen molar-refractivity contribution in [2.75, 3.05) is 0 Å². The van der Waals surface area contributed by atoms with Crippen LogP contribution in [0.1, 0.15) is 0 Å². The third-order valence-corrected chi connectivity index (χ3v) is 1.76. The van der Waals surface area contributed by atoms with Crippen molar-refractivity contribution in [3.05, 3.63) is 28.2 Å². The summed E-state index contributed by atoms with van der Waals surface area (Å²) >= 11 is 10.9. The molecule has 0 aliphatic heterocycles. The maximum atomic E-state index is 11.7. The largest absolute Gasteiger partial charge is 0.573 e. The highest BCUT2D eigenvalue weighted by atomic mass is 35.5. The maximum Gasteiger partial charge on any atom is 0.573 e. The molecule has 1 radical (unpaired) electrons. The fourth-order valence-corrected chi connectivity index (χ4v) is 0.897. The van der Waals surface area contributed by atoms with Crippen LogP contribution in [0.3, 0.4) is 0 Å². The molecule has 0 saturated carbocycles. The zero-order chi connectivity index (χ0) is 10.1. The van der Waals surface area contributed by atoms with Gasteiger partial charge in [-0.1, -0.05) is 23.2 Å². The Morgan fingerprint density at radius 1 is 1.31 bits per heavy atom. The molecule has 1 aromatic carbocycles. The van der Waals surface area contributed by atoms with Crippen molar-refractivity contribution in [1.29, 1.82) is 0 Å². The highest BCUT2D eigenvalue weighted by Crippen LogP contribution is 2.29. The van der Waals surface area contributed by atoms with Gasteiger partial charge in [-0.2, -0.15) is 0 Å². The molecule has 0 heterocycles. The summed E-state index contributed by atoms with van der Waals surface area (Å²) in [6.07, 6.45) is -4.73. The van der Waals surface area contributed by atoms with Gasteiger partial charge in [-0.15, -0.1) is 13.2 Å². The molecule has 1 nitrogen and oxygen atoms in total. The average Bonchev–Trinajstić information content (AvgIpc) is 1.94. The van der Waals surface area contributed by atoms with Gasteiger partial charge in [-0.3, -0.25) is 0 Å². The van der Waals surface area contributed by atoms with Gasteiger partial charge in [-0.25, -0.2) is 0 Å². The summed E-state index contributed by atoms with van der Waals surface area (Å²) in [7, 11) is 0. The SMILES string of the molecule is FC(F)(F)Oc1c[c]c(Cl)c(Cl)c1. The van der Waals surface area contributed by atoms with E-state index in [-0.39, 0.29) is 10.0 Å². The molecule has 0 fully saturated rings. The summed E-state index contributed by atoms with van der Waals surface area (Å²) < 4.78 is 38.5. The smallest absolute Gasteiger partial charge is 0.406 e. The normalized spacial score (nSPS) is 11.5. The monoisotopic (exact) mass is 229 g/mol. The number of halogens is 5. The summed E-state index contributed by atoms with van der Waals surface area (Å²) in [6.45, 7) is 0. The fraction of sp³-hybridized carbons (Fsp3) is 0.143. The Balaban J connectivity index is 2.86. The Kier molecular flexibility index (Phi) is 2.93.